The Hall–Kier alpha value is -2.27. The second kappa shape index (κ2) is 9.09. The molecule has 148 valence electrons. The summed E-state index contributed by atoms with van der Waals surface area (Å²) >= 11 is 1.11. The number of nitrogens with one attached hydrogen (secondary N) is 4. The van der Waals surface area contributed by atoms with Gasteiger partial charge in [-0.15, -0.1) is 11.8 Å². The molecule has 3 amide bonds. The van der Waals surface area contributed by atoms with E-state index in [4.69, 9.17) is 0 Å². The summed E-state index contributed by atoms with van der Waals surface area (Å²) < 4.78 is 37.6. The minimum Gasteiger partial charge on any atom is -0.359 e. The Balaban J connectivity index is 1.82. The van der Waals surface area contributed by atoms with Crippen LogP contribution in [0, 0.1) is 0 Å². The van der Waals surface area contributed by atoms with Gasteiger partial charge in [-0.1, -0.05) is 0 Å². The lowest BCUT2D eigenvalue weighted by Crippen LogP contribution is -2.55. The molecule has 1 aromatic rings. The number of hydrogen-bond donors (Lipinski definition) is 4. The fraction of sp³-hybridized carbons (Fsp3) is 0.438. The van der Waals surface area contributed by atoms with Gasteiger partial charge in [0.25, 0.3) is 0 Å². The molecule has 7 nitrogen and oxygen atoms in total. The number of carbonyl (C=O) groups is 3. The molecule has 2 atom stereocenters. The summed E-state index contributed by atoms with van der Waals surface area (Å²) in [5.41, 5.74) is -1.10. The largest absolute Gasteiger partial charge is 0.416 e. The van der Waals surface area contributed by atoms with Gasteiger partial charge in [-0.3, -0.25) is 19.7 Å². The van der Waals surface area contributed by atoms with Gasteiger partial charge < -0.3 is 16.0 Å². The van der Waals surface area contributed by atoms with Crippen molar-refractivity contribution in [2.24, 2.45) is 0 Å². The summed E-state index contributed by atoms with van der Waals surface area (Å²) in [6.45, 7) is 0. The molecular weight excluding hydrogens is 385 g/mol. The van der Waals surface area contributed by atoms with E-state index in [-0.39, 0.29) is 42.1 Å². The first-order valence-electron chi connectivity index (χ1n) is 8.02. The topological polar surface area (TPSA) is 99.3 Å². The summed E-state index contributed by atoms with van der Waals surface area (Å²) in [4.78, 5) is 35.1. The van der Waals surface area contributed by atoms with E-state index < -0.39 is 23.1 Å². The van der Waals surface area contributed by atoms with Crippen molar-refractivity contribution in [2.45, 2.75) is 30.6 Å². The van der Waals surface area contributed by atoms with Crippen LogP contribution >= 0.6 is 11.8 Å². The summed E-state index contributed by atoms with van der Waals surface area (Å²) in [6, 6.07) is 3.77. The third-order valence-electron chi connectivity index (χ3n) is 3.70. The SMILES string of the molecule is CNC(=O)CC1CC(=O)NC(SCC(=O)Nc2ccc(C(F)(F)F)cc2)N1. The second-order valence-electron chi connectivity index (χ2n) is 5.83. The molecule has 2 unspecified atom stereocenters. The number of anilines is 1. The van der Waals surface area contributed by atoms with Crippen LogP contribution in [-0.4, -0.2) is 42.1 Å². The highest BCUT2D eigenvalue weighted by atomic mass is 32.2. The number of hydrogen-bond acceptors (Lipinski definition) is 5. The van der Waals surface area contributed by atoms with Gasteiger partial charge in [0.15, 0.2) is 0 Å². The highest BCUT2D eigenvalue weighted by Crippen LogP contribution is 2.29. The molecule has 1 heterocycles. The quantitative estimate of drug-likeness (QED) is 0.573. The number of rotatable bonds is 6. The first kappa shape index (κ1) is 21.0. The van der Waals surface area contributed by atoms with Crippen LogP contribution in [0.15, 0.2) is 24.3 Å². The van der Waals surface area contributed by atoms with Gasteiger partial charge in [0.05, 0.1) is 11.3 Å². The molecule has 0 radical (unpaired) electrons. The van der Waals surface area contributed by atoms with Crippen LogP contribution in [0.1, 0.15) is 18.4 Å². The molecule has 11 heteroatoms. The lowest BCUT2D eigenvalue weighted by molar-refractivity contribution is -0.137. The molecule has 27 heavy (non-hydrogen) atoms. The number of amides is 3. The predicted molar refractivity (Wildman–Crippen MR) is 94.7 cm³/mol. The maximum absolute atomic E-state index is 12.5. The molecule has 2 rings (SSSR count). The molecular formula is C16H19F3N4O3S. The molecule has 0 saturated carbocycles. The lowest BCUT2D eigenvalue weighted by Gasteiger charge is -2.30. The zero-order chi connectivity index (χ0) is 20.0. The molecule has 1 aromatic carbocycles. The van der Waals surface area contributed by atoms with Gasteiger partial charge in [0, 0.05) is 31.6 Å². The van der Waals surface area contributed by atoms with Crippen LogP contribution in [0.4, 0.5) is 18.9 Å². The number of carbonyl (C=O) groups excluding carboxylic acids is 3. The maximum Gasteiger partial charge on any atom is 0.416 e. The molecule has 0 aromatic heterocycles. The van der Waals surface area contributed by atoms with Gasteiger partial charge in [0.1, 0.15) is 5.50 Å². The van der Waals surface area contributed by atoms with Crippen molar-refractivity contribution in [3.63, 3.8) is 0 Å². The normalized spacial score (nSPS) is 19.9. The van der Waals surface area contributed by atoms with Gasteiger partial charge in [-0.25, -0.2) is 0 Å². The van der Waals surface area contributed by atoms with Gasteiger partial charge in [-0.05, 0) is 24.3 Å². The molecule has 1 aliphatic rings. The van der Waals surface area contributed by atoms with E-state index in [0.29, 0.717) is 0 Å². The fourth-order valence-electron chi connectivity index (χ4n) is 2.39. The third-order valence-corrected chi connectivity index (χ3v) is 4.71. The van der Waals surface area contributed by atoms with Crippen molar-refractivity contribution in [2.75, 3.05) is 18.1 Å². The maximum atomic E-state index is 12.5. The monoisotopic (exact) mass is 404 g/mol. The molecule has 0 spiro atoms. The van der Waals surface area contributed by atoms with Crippen molar-refractivity contribution in [1.82, 2.24) is 16.0 Å². The van der Waals surface area contributed by atoms with Crippen molar-refractivity contribution >= 4 is 35.2 Å². The van der Waals surface area contributed by atoms with Crippen LogP contribution < -0.4 is 21.3 Å². The van der Waals surface area contributed by atoms with E-state index in [0.717, 1.165) is 23.9 Å². The highest BCUT2D eigenvalue weighted by molar-refractivity contribution is 8.00. The number of halogens is 3. The lowest BCUT2D eigenvalue weighted by atomic mass is 10.1. The van der Waals surface area contributed by atoms with E-state index in [1.807, 2.05) is 0 Å². The molecule has 1 aliphatic heterocycles. The Morgan fingerprint density at radius 3 is 2.48 bits per heavy atom. The van der Waals surface area contributed by atoms with Gasteiger partial charge >= 0.3 is 6.18 Å². The van der Waals surface area contributed by atoms with Crippen molar-refractivity contribution in [3.8, 4) is 0 Å². The molecule has 1 fully saturated rings. The zero-order valence-electron chi connectivity index (χ0n) is 14.4. The van der Waals surface area contributed by atoms with Crippen molar-refractivity contribution < 1.29 is 27.6 Å². The average molecular weight is 404 g/mol. The number of benzene rings is 1. The smallest absolute Gasteiger partial charge is 0.359 e. The first-order valence-corrected chi connectivity index (χ1v) is 9.07. The minimum absolute atomic E-state index is 0.0360. The van der Waals surface area contributed by atoms with E-state index in [1.54, 1.807) is 0 Å². The Morgan fingerprint density at radius 2 is 1.89 bits per heavy atom. The number of thioether (sulfide) groups is 1. The van der Waals surface area contributed by atoms with E-state index in [9.17, 15) is 27.6 Å². The summed E-state index contributed by atoms with van der Waals surface area (Å²) in [6.07, 6.45) is -4.14. The van der Waals surface area contributed by atoms with Crippen LogP contribution in [0.2, 0.25) is 0 Å². The Bertz CT molecular complexity index is 697. The summed E-state index contributed by atoms with van der Waals surface area (Å²) in [5.74, 6) is -0.899. The Morgan fingerprint density at radius 1 is 1.22 bits per heavy atom. The van der Waals surface area contributed by atoms with Crippen molar-refractivity contribution in [1.29, 1.82) is 0 Å². The molecule has 4 N–H and O–H groups in total. The molecule has 1 saturated heterocycles. The summed E-state index contributed by atoms with van der Waals surface area (Å²) in [5, 5.41) is 10.7. The minimum atomic E-state index is -4.44. The van der Waals surface area contributed by atoms with Crippen molar-refractivity contribution in [3.05, 3.63) is 29.8 Å². The van der Waals surface area contributed by atoms with Gasteiger partial charge in [-0.2, -0.15) is 13.2 Å². The molecule has 0 bridgehead atoms. The standard InChI is InChI=1S/C16H19F3N4O3S/c1-20-12(24)6-11-7-13(25)23-15(22-11)27-8-14(26)21-10-4-2-9(3-5-10)16(17,18)19/h2-5,11,15,22H,6-8H2,1H3,(H,20,24)(H,21,26)(H,23,25). The fourth-order valence-corrected chi connectivity index (χ4v) is 3.28. The van der Waals surface area contributed by atoms with Crippen LogP contribution in [0.5, 0.6) is 0 Å². The average Bonchev–Trinajstić information content (AvgIpc) is 2.59. The predicted octanol–water partition coefficient (Wildman–Crippen LogP) is 1.27. The highest BCUT2D eigenvalue weighted by Gasteiger charge is 2.30. The third kappa shape index (κ3) is 6.75. The van der Waals surface area contributed by atoms with Crippen LogP contribution in [0.3, 0.4) is 0 Å². The Labute approximate surface area is 157 Å². The number of alkyl halides is 3. The summed E-state index contributed by atoms with van der Waals surface area (Å²) in [7, 11) is 1.50. The zero-order valence-corrected chi connectivity index (χ0v) is 15.2. The van der Waals surface area contributed by atoms with Gasteiger partial charge in [0.2, 0.25) is 17.7 Å². The first-order chi connectivity index (χ1) is 12.7. The van der Waals surface area contributed by atoms with E-state index in [1.165, 1.54) is 19.2 Å². The van der Waals surface area contributed by atoms with E-state index >= 15 is 0 Å². The Kier molecular flexibility index (Phi) is 7.08. The van der Waals surface area contributed by atoms with Crippen LogP contribution in [-0.2, 0) is 20.6 Å². The second-order valence-corrected chi connectivity index (χ2v) is 6.92. The van der Waals surface area contributed by atoms with E-state index in [2.05, 4.69) is 21.3 Å². The molecule has 0 aliphatic carbocycles. The van der Waals surface area contributed by atoms with Crippen LogP contribution in [0.25, 0.3) is 0 Å².